The highest BCUT2D eigenvalue weighted by Gasteiger charge is 2.74. The molecule has 34 heavy (non-hydrogen) atoms. The van der Waals surface area contributed by atoms with Gasteiger partial charge in [0.05, 0.1) is 23.9 Å². The van der Waals surface area contributed by atoms with Gasteiger partial charge in [0, 0.05) is 0 Å². The molecule has 5 saturated carbocycles. The van der Waals surface area contributed by atoms with Crippen molar-refractivity contribution in [3.8, 4) is 0 Å². The Morgan fingerprint density at radius 1 is 0.706 bits per heavy atom. The molecule has 5 aliphatic rings. The molecule has 0 amide bonds. The molecular formula is C30H52O4. The summed E-state index contributed by atoms with van der Waals surface area (Å²) >= 11 is 0. The lowest BCUT2D eigenvalue weighted by atomic mass is 9.31. The van der Waals surface area contributed by atoms with Crippen molar-refractivity contribution in [1.29, 1.82) is 0 Å². The molecule has 0 bridgehead atoms. The molecule has 0 aromatic rings. The van der Waals surface area contributed by atoms with Crippen LogP contribution in [0.15, 0.2) is 0 Å². The molecule has 5 rings (SSSR count). The van der Waals surface area contributed by atoms with Gasteiger partial charge in [-0.2, -0.15) is 0 Å². The van der Waals surface area contributed by atoms with Gasteiger partial charge in [-0.15, -0.1) is 0 Å². The fourth-order valence-corrected chi connectivity index (χ4v) is 12.1. The van der Waals surface area contributed by atoms with Gasteiger partial charge in [-0.1, -0.05) is 41.5 Å². The van der Waals surface area contributed by atoms with Gasteiger partial charge in [-0.25, -0.2) is 0 Å². The molecular weight excluding hydrogens is 424 g/mol. The molecule has 5 aliphatic carbocycles. The highest BCUT2D eigenvalue weighted by atomic mass is 16.3. The van der Waals surface area contributed by atoms with Gasteiger partial charge in [-0.05, 0) is 122 Å². The highest BCUT2D eigenvalue weighted by Crippen LogP contribution is 2.78. The molecule has 196 valence electrons. The smallest absolute Gasteiger partial charge is 0.0623 e. The van der Waals surface area contributed by atoms with E-state index < -0.39 is 11.7 Å². The van der Waals surface area contributed by atoms with Crippen LogP contribution in [0.1, 0.15) is 107 Å². The molecule has 4 heteroatoms. The largest absolute Gasteiger partial charge is 0.393 e. The van der Waals surface area contributed by atoms with Crippen LogP contribution in [0.4, 0.5) is 0 Å². The third kappa shape index (κ3) is 2.92. The van der Waals surface area contributed by atoms with Crippen molar-refractivity contribution >= 4 is 0 Å². The minimum Gasteiger partial charge on any atom is -0.393 e. The lowest BCUT2D eigenvalue weighted by Crippen LogP contribution is -2.71. The van der Waals surface area contributed by atoms with Crippen LogP contribution in [0.3, 0.4) is 0 Å². The van der Waals surface area contributed by atoms with E-state index in [2.05, 4.69) is 41.5 Å². The zero-order valence-corrected chi connectivity index (χ0v) is 23.1. The van der Waals surface area contributed by atoms with E-state index in [4.69, 9.17) is 0 Å². The molecule has 0 aromatic heterocycles. The molecule has 5 fully saturated rings. The normalized spacial score (nSPS) is 58.9. The second-order valence-corrected chi connectivity index (χ2v) is 15.7. The maximum Gasteiger partial charge on any atom is 0.0623 e. The summed E-state index contributed by atoms with van der Waals surface area (Å²) < 4.78 is 0. The number of rotatable bonds is 1. The highest BCUT2D eigenvalue weighted by molar-refractivity contribution is 5.23. The van der Waals surface area contributed by atoms with Crippen molar-refractivity contribution < 1.29 is 20.4 Å². The Hall–Kier alpha value is -0.160. The third-order valence-electron chi connectivity index (χ3n) is 13.7. The summed E-state index contributed by atoms with van der Waals surface area (Å²) in [6.45, 7) is 18.0. The number of aliphatic hydroxyl groups excluding tert-OH is 3. The quantitative estimate of drug-likeness (QED) is 0.421. The van der Waals surface area contributed by atoms with E-state index in [9.17, 15) is 20.4 Å². The predicted molar refractivity (Wildman–Crippen MR) is 135 cm³/mol. The molecule has 0 saturated heterocycles. The van der Waals surface area contributed by atoms with Crippen molar-refractivity contribution in [3.05, 3.63) is 0 Å². The average molecular weight is 477 g/mol. The topological polar surface area (TPSA) is 80.9 Å². The van der Waals surface area contributed by atoms with E-state index in [0.29, 0.717) is 11.8 Å². The summed E-state index contributed by atoms with van der Waals surface area (Å²) in [6, 6.07) is 0. The second kappa shape index (κ2) is 7.23. The number of hydrogen-bond donors (Lipinski definition) is 4. The first-order valence-corrected chi connectivity index (χ1v) is 14.2. The Labute approximate surface area is 207 Å². The third-order valence-corrected chi connectivity index (χ3v) is 13.7. The lowest BCUT2D eigenvalue weighted by molar-refractivity contribution is -0.292. The van der Waals surface area contributed by atoms with Crippen molar-refractivity contribution in [3.63, 3.8) is 0 Å². The van der Waals surface area contributed by atoms with Gasteiger partial charge in [-0.3, -0.25) is 0 Å². The fraction of sp³-hybridized carbons (Fsp3) is 1.00. The van der Waals surface area contributed by atoms with Crippen LogP contribution in [0.2, 0.25) is 0 Å². The van der Waals surface area contributed by atoms with Crippen LogP contribution in [0.25, 0.3) is 0 Å². The van der Waals surface area contributed by atoms with E-state index >= 15 is 0 Å². The standard InChI is InChI=1S/C30H52O4/c1-25(2)20-10-14-29(7)21(27(20,5)13-11-22(25)33)15-18(31)24-28(6)12-9-17(26(3,4)34)23(28)19(32)16-30(24,29)8/h17-24,31-34H,9-16H2,1-8H3/t17-,18-,19+,20+,21-,22+,23-,24-,27+,28+,29-,30-/m1/s1. The van der Waals surface area contributed by atoms with Gasteiger partial charge in [0.1, 0.15) is 0 Å². The van der Waals surface area contributed by atoms with Crippen molar-refractivity contribution in [2.24, 2.45) is 56.7 Å². The summed E-state index contributed by atoms with van der Waals surface area (Å²) in [6.07, 6.45) is 6.48. The Bertz CT molecular complexity index is 832. The molecule has 0 spiro atoms. The molecule has 4 N–H and O–H groups in total. The maximum absolute atomic E-state index is 12.0. The SMILES string of the molecule is CC(C)(O)[C@@H]1CC[C@@]2(C)[C@H]1[C@@H](O)C[C@]1(C)[C@@H]2[C@H](O)C[C@@H]2[C@@]3(C)CC[C@H](O)C(C)(C)[C@@H]3CC[C@]21C. The second-order valence-electron chi connectivity index (χ2n) is 15.7. The lowest BCUT2D eigenvalue weighted by Gasteiger charge is -2.74. The van der Waals surface area contributed by atoms with E-state index in [1.807, 2.05) is 13.8 Å². The Morgan fingerprint density at radius 2 is 1.32 bits per heavy atom. The first-order valence-electron chi connectivity index (χ1n) is 14.2. The monoisotopic (exact) mass is 476 g/mol. The first kappa shape index (κ1) is 25.5. The summed E-state index contributed by atoms with van der Waals surface area (Å²) in [5.74, 6) is 1.10. The van der Waals surface area contributed by atoms with Gasteiger partial charge in [0.15, 0.2) is 0 Å². The van der Waals surface area contributed by atoms with E-state index in [1.54, 1.807) is 0 Å². The molecule has 4 nitrogen and oxygen atoms in total. The Kier molecular flexibility index (Phi) is 5.42. The zero-order chi connectivity index (χ0) is 25.3. The average Bonchev–Trinajstić information content (AvgIpc) is 3.06. The van der Waals surface area contributed by atoms with Crippen LogP contribution in [0.5, 0.6) is 0 Å². The van der Waals surface area contributed by atoms with Crippen LogP contribution < -0.4 is 0 Å². The molecule has 0 unspecified atom stereocenters. The minimum absolute atomic E-state index is 0.0380. The molecule has 0 aromatic carbocycles. The predicted octanol–water partition coefficient (Wildman–Crippen LogP) is 5.16. The minimum atomic E-state index is -0.816. The van der Waals surface area contributed by atoms with Crippen LogP contribution in [0, 0.1) is 56.7 Å². The molecule has 0 aliphatic heterocycles. The number of hydrogen-bond acceptors (Lipinski definition) is 4. The zero-order valence-electron chi connectivity index (χ0n) is 23.1. The van der Waals surface area contributed by atoms with E-state index in [1.165, 1.54) is 0 Å². The van der Waals surface area contributed by atoms with Gasteiger partial charge in [0.2, 0.25) is 0 Å². The first-order chi connectivity index (χ1) is 15.4. The Morgan fingerprint density at radius 3 is 1.94 bits per heavy atom. The fourth-order valence-electron chi connectivity index (χ4n) is 12.1. The summed E-state index contributed by atoms with van der Waals surface area (Å²) in [4.78, 5) is 0. The molecule has 0 radical (unpaired) electrons. The van der Waals surface area contributed by atoms with Gasteiger partial charge >= 0.3 is 0 Å². The van der Waals surface area contributed by atoms with Crippen molar-refractivity contribution in [2.75, 3.05) is 0 Å². The molecule has 0 heterocycles. The number of aliphatic hydroxyl groups is 4. The summed E-state index contributed by atoms with van der Waals surface area (Å²) in [7, 11) is 0. The summed E-state index contributed by atoms with van der Waals surface area (Å²) in [5.41, 5.74) is -1.09. The van der Waals surface area contributed by atoms with Crippen LogP contribution >= 0.6 is 0 Å². The van der Waals surface area contributed by atoms with E-state index in [-0.39, 0.29) is 57.0 Å². The van der Waals surface area contributed by atoms with Crippen molar-refractivity contribution in [2.45, 2.75) is 131 Å². The molecule has 12 atom stereocenters. The van der Waals surface area contributed by atoms with E-state index in [0.717, 1.165) is 51.4 Å². The van der Waals surface area contributed by atoms with Gasteiger partial charge < -0.3 is 20.4 Å². The van der Waals surface area contributed by atoms with Crippen molar-refractivity contribution in [1.82, 2.24) is 0 Å². The number of fused-ring (bicyclic) bond motifs is 7. The van der Waals surface area contributed by atoms with Crippen LogP contribution in [-0.2, 0) is 0 Å². The van der Waals surface area contributed by atoms with Gasteiger partial charge in [0.25, 0.3) is 0 Å². The van der Waals surface area contributed by atoms with Crippen LogP contribution in [-0.4, -0.2) is 44.3 Å². The maximum atomic E-state index is 12.0. The summed E-state index contributed by atoms with van der Waals surface area (Å²) in [5, 5.41) is 45.7. The Balaban J connectivity index is 1.58.